The third kappa shape index (κ3) is 23.6. The Hall–Kier alpha value is -7.29. The van der Waals surface area contributed by atoms with E-state index in [0.29, 0.717) is 45.6 Å². The number of fused-ring (bicyclic) bond motifs is 1. The SMILES string of the molecule is CC(C)(C)OC(=O)N1CC(n2nccc2-c2cc(Cl)ccc2C(C)(C)C)C1.CC(C)(C)c1ccc(Cl)c(Cl)c1.CC(C)(C)c1ccc(Cl)cc1-c1ccc2onc(N)c2c1.CC(C)(C)c1ccc(Cl)cc1-c1ccccc1.CC(C)(C)c1ccc(Cl)cc1-c1ccnn1C1CNC1.Cc1cc(C(C)(C)C)ccc1Cl. The van der Waals surface area contributed by atoms with Gasteiger partial charge in [-0.3, -0.25) is 9.36 Å². The Morgan fingerprint density at radius 3 is 1.26 bits per heavy atom. The van der Waals surface area contributed by atoms with Crippen LogP contribution in [0, 0.1) is 6.92 Å². The minimum absolute atomic E-state index is 0.0167. The van der Waals surface area contributed by atoms with E-state index in [1.807, 2.05) is 130 Å². The molecule has 2 fully saturated rings. The maximum absolute atomic E-state index is 12.2. The zero-order chi connectivity index (χ0) is 80.7. The zero-order valence-corrected chi connectivity index (χ0v) is 72.7. The molecule has 0 unspecified atom stereocenters. The number of halogens is 7. The second-order valence-corrected chi connectivity index (χ2v) is 38.1. The van der Waals surface area contributed by atoms with Crippen molar-refractivity contribution in [3.63, 3.8) is 0 Å². The Morgan fingerprint density at radius 2 is 0.853 bits per heavy atom. The van der Waals surface area contributed by atoms with Crippen LogP contribution in [-0.2, 0) is 37.2 Å². The summed E-state index contributed by atoms with van der Waals surface area (Å²) >= 11 is 42.4. The highest BCUT2D eigenvalue weighted by molar-refractivity contribution is 6.42. The quantitative estimate of drug-likeness (QED) is 0.168. The van der Waals surface area contributed by atoms with Crippen molar-refractivity contribution < 1.29 is 14.1 Å². The number of likely N-dealkylation sites (tertiary alicyclic amines) is 1. The van der Waals surface area contributed by atoms with Gasteiger partial charge < -0.3 is 25.2 Å². The first-order valence-corrected chi connectivity index (χ1v) is 39.6. The molecule has 13 rings (SSSR count). The van der Waals surface area contributed by atoms with E-state index in [-0.39, 0.29) is 44.6 Å². The molecule has 0 spiro atoms. The topological polar surface area (TPSA) is 129 Å². The molecule has 1 amide bonds. The molecule has 11 nitrogen and oxygen atoms in total. The van der Waals surface area contributed by atoms with E-state index < -0.39 is 5.60 Å². The summed E-state index contributed by atoms with van der Waals surface area (Å²) in [5, 5.41) is 22.0. The number of aryl methyl sites for hydroxylation is 1. The van der Waals surface area contributed by atoms with Gasteiger partial charge >= 0.3 is 6.09 Å². The predicted octanol–water partition coefficient (Wildman–Crippen LogP) is 27.5. The highest BCUT2D eigenvalue weighted by atomic mass is 35.5. The van der Waals surface area contributed by atoms with Gasteiger partial charge in [-0.25, -0.2) is 4.79 Å². The van der Waals surface area contributed by atoms with Crippen molar-refractivity contribution in [3.05, 3.63) is 256 Å². The number of nitrogen functional groups attached to an aromatic ring is 1. The van der Waals surface area contributed by atoms with Crippen molar-refractivity contribution in [3.8, 4) is 44.8 Å². The molecule has 0 saturated carbocycles. The molecular weight excluding hydrogens is 1500 g/mol. The molecule has 580 valence electrons. The predicted molar refractivity (Wildman–Crippen MR) is 465 cm³/mol. The van der Waals surface area contributed by atoms with Gasteiger partial charge in [0.05, 0.1) is 38.9 Å². The van der Waals surface area contributed by atoms with E-state index in [0.717, 1.165) is 72.2 Å². The van der Waals surface area contributed by atoms with Crippen molar-refractivity contribution in [2.45, 2.75) is 202 Å². The number of aromatic nitrogens is 5. The lowest BCUT2D eigenvalue weighted by Crippen LogP contribution is -2.52. The number of nitrogens with zero attached hydrogens (tertiary/aromatic N) is 6. The highest BCUT2D eigenvalue weighted by Crippen LogP contribution is 2.42. The van der Waals surface area contributed by atoms with Gasteiger partial charge in [0.1, 0.15) is 5.60 Å². The number of amides is 1. The van der Waals surface area contributed by atoms with Gasteiger partial charge in [-0.2, -0.15) is 10.2 Å². The number of ether oxygens (including phenoxy) is 1. The van der Waals surface area contributed by atoms with Gasteiger partial charge in [-0.15, -0.1) is 0 Å². The van der Waals surface area contributed by atoms with Crippen LogP contribution in [-0.4, -0.2) is 67.5 Å². The largest absolute Gasteiger partial charge is 0.444 e. The summed E-state index contributed by atoms with van der Waals surface area (Å²) in [5.41, 5.74) is 24.5. The Morgan fingerprint density at radius 1 is 0.440 bits per heavy atom. The van der Waals surface area contributed by atoms with Crippen LogP contribution in [0.25, 0.3) is 55.7 Å². The van der Waals surface area contributed by atoms with Crippen molar-refractivity contribution in [2.75, 3.05) is 31.9 Å². The summed E-state index contributed by atoms with van der Waals surface area (Å²) in [7, 11) is 0. The fraction of sp³-hybridized carbons (Fsp3) is 0.385. The lowest BCUT2D eigenvalue weighted by atomic mass is 9.82. The number of carbonyl (C=O) groups excluding carboxylic acids is 1. The molecular formula is C91H109Cl7N8O3. The highest BCUT2D eigenvalue weighted by Gasteiger charge is 2.37. The number of rotatable bonds is 6. The standard InChI is InChI=1S/C21H28ClN3O2.C17H17ClN2O.C16H20ClN3.C16H17Cl.C11H15Cl.C10H12Cl2/c1-20(2,3)17-8-7-14(22)11-16(17)18-9-10-23-25(18)15-12-24(13-15)19(26)27-21(4,5)6;1-17(2,3)14-6-5-11(18)9-12(14)10-4-7-15-13(8-10)16(19)20-21-15;1-16(2,3)14-5-4-11(17)8-13(14)15-6-7-19-20(15)12-9-18-10-12;1-16(2,3)15-10-9-13(17)11-14(15)12-7-5-4-6-8-12;1-8-7-9(11(2,3)4)5-6-10(8)12;1-10(2,3)7-4-5-8(11)9(12)6-7/h7-11,15H,12-13H2,1-6H3;4-9H,1-3H3,(H2,19,20);4-8,12,18H,9-10H2,1-3H3;4-11H,1-3H3;5-7H,1-4H3;4-6H,1-3H3. The van der Waals surface area contributed by atoms with Crippen LogP contribution in [0.3, 0.4) is 0 Å². The van der Waals surface area contributed by atoms with E-state index in [9.17, 15) is 4.79 Å². The molecule has 0 radical (unpaired) electrons. The summed E-state index contributed by atoms with van der Waals surface area (Å²) in [6.07, 6.45) is 3.41. The monoisotopic (exact) mass is 1610 g/mol. The van der Waals surface area contributed by atoms with Crippen LogP contribution in [0.4, 0.5) is 10.6 Å². The molecule has 0 bridgehead atoms. The lowest BCUT2D eigenvalue weighted by molar-refractivity contribution is -0.000193. The zero-order valence-electron chi connectivity index (χ0n) is 67.4. The summed E-state index contributed by atoms with van der Waals surface area (Å²) in [4.78, 5) is 13.9. The summed E-state index contributed by atoms with van der Waals surface area (Å²) in [6.45, 7) is 50.4. The third-order valence-corrected chi connectivity index (χ3v) is 20.8. The summed E-state index contributed by atoms with van der Waals surface area (Å²) < 4.78 is 14.7. The molecule has 3 aromatic heterocycles. The number of benzene rings is 8. The molecule has 2 aliphatic rings. The van der Waals surface area contributed by atoms with Crippen molar-refractivity contribution in [1.29, 1.82) is 0 Å². The third-order valence-electron chi connectivity index (χ3n) is 18.7. The average Bonchev–Trinajstić information content (AvgIpc) is 1.73. The smallest absolute Gasteiger partial charge is 0.410 e. The summed E-state index contributed by atoms with van der Waals surface area (Å²) in [5.74, 6) is 0.409. The van der Waals surface area contributed by atoms with E-state index in [1.165, 1.54) is 50.1 Å². The normalized spacial score (nSPS) is 13.5. The Balaban J connectivity index is 0.000000168. The first-order chi connectivity index (χ1) is 50.6. The van der Waals surface area contributed by atoms with Crippen LogP contribution in [0.1, 0.15) is 196 Å². The molecule has 2 aliphatic heterocycles. The number of hydrogen-bond acceptors (Lipinski definition) is 8. The first kappa shape index (κ1) is 87.3. The van der Waals surface area contributed by atoms with E-state index >= 15 is 0 Å². The average molecular weight is 1610 g/mol. The minimum Gasteiger partial charge on any atom is -0.444 e. The first-order valence-electron chi connectivity index (χ1n) is 37.0. The molecule has 0 atom stereocenters. The van der Waals surface area contributed by atoms with E-state index in [4.69, 9.17) is 96.2 Å². The van der Waals surface area contributed by atoms with Gasteiger partial charge in [0, 0.05) is 74.8 Å². The van der Waals surface area contributed by atoms with Gasteiger partial charge in [-0.05, 0) is 212 Å². The fourth-order valence-electron chi connectivity index (χ4n) is 12.6. The fourth-order valence-corrected chi connectivity index (χ4v) is 13.7. The van der Waals surface area contributed by atoms with Gasteiger partial charge in [0.25, 0.3) is 0 Å². The molecule has 0 aliphatic carbocycles. The number of nitrogens with two attached hydrogens (primary N) is 1. The van der Waals surface area contributed by atoms with Gasteiger partial charge in [0.15, 0.2) is 11.4 Å². The van der Waals surface area contributed by atoms with Crippen LogP contribution in [0.15, 0.2) is 187 Å². The second kappa shape index (κ2) is 35.6. The van der Waals surface area contributed by atoms with Crippen LogP contribution >= 0.6 is 81.2 Å². The minimum atomic E-state index is -0.485. The van der Waals surface area contributed by atoms with Crippen LogP contribution in [0.2, 0.25) is 35.2 Å². The molecule has 2 saturated heterocycles. The molecule has 109 heavy (non-hydrogen) atoms. The Labute approximate surface area is 683 Å². The lowest BCUT2D eigenvalue weighted by Gasteiger charge is -2.40. The van der Waals surface area contributed by atoms with E-state index in [2.05, 4.69) is 229 Å². The second-order valence-electron chi connectivity index (χ2n) is 35.2. The van der Waals surface area contributed by atoms with Crippen LogP contribution < -0.4 is 11.1 Å². The Bertz CT molecular complexity index is 4840. The maximum atomic E-state index is 12.2. The molecule has 18 heteroatoms. The Kier molecular flexibility index (Phi) is 28.5. The van der Waals surface area contributed by atoms with Crippen molar-refractivity contribution in [1.82, 2.24) is 34.9 Å². The van der Waals surface area contributed by atoms with E-state index in [1.54, 1.807) is 11.1 Å². The number of hydrogen-bond donors (Lipinski definition) is 2. The maximum Gasteiger partial charge on any atom is 0.410 e. The molecule has 5 heterocycles. The number of carbonyl (C=O) groups is 1. The number of nitrogens with one attached hydrogen (secondary N) is 1. The summed E-state index contributed by atoms with van der Waals surface area (Å²) in [6, 6.07) is 57.3. The van der Waals surface area contributed by atoms with Gasteiger partial charge in [-0.1, -0.05) is 290 Å². The van der Waals surface area contributed by atoms with Crippen LogP contribution in [0.5, 0.6) is 0 Å². The molecule has 8 aromatic carbocycles. The molecule has 3 N–H and O–H groups in total. The van der Waals surface area contributed by atoms with Gasteiger partial charge in [0.2, 0.25) is 0 Å². The van der Waals surface area contributed by atoms with Crippen molar-refractivity contribution >= 4 is 104 Å². The van der Waals surface area contributed by atoms with Crippen molar-refractivity contribution in [2.24, 2.45) is 0 Å². The number of anilines is 1. The molecule has 11 aromatic rings.